The van der Waals surface area contributed by atoms with Gasteiger partial charge in [-0.1, -0.05) is 55.8 Å². The molecule has 0 fully saturated rings. The van der Waals surface area contributed by atoms with E-state index in [9.17, 15) is 19.2 Å². The van der Waals surface area contributed by atoms with Gasteiger partial charge in [0.05, 0.1) is 6.61 Å². The van der Waals surface area contributed by atoms with Crippen LogP contribution in [0, 0.1) is 6.92 Å². The predicted molar refractivity (Wildman–Crippen MR) is 141 cm³/mol. The molecule has 0 aliphatic heterocycles. The lowest BCUT2D eigenvalue weighted by molar-refractivity contribution is -0.148. The fourth-order valence-electron chi connectivity index (χ4n) is 3.35. The number of hydrogen-bond acceptors (Lipinski definition) is 7. The van der Waals surface area contributed by atoms with Crippen LogP contribution in [0.15, 0.2) is 72.8 Å². The lowest BCUT2D eigenvalue weighted by Crippen LogP contribution is -2.30. The van der Waals surface area contributed by atoms with E-state index in [1.807, 2.05) is 24.3 Å². The third-order valence-corrected chi connectivity index (χ3v) is 5.57. The number of carbonyl (C=O) groups is 4. The van der Waals surface area contributed by atoms with Gasteiger partial charge in [-0.25, -0.2) is 4.79 Å². The molecule has 1 atom stereocenters. The Hall–Kier alpha value is -3.84. The molecule has 0 aliphatic rings. The van der Waals surface area contributed by atoms with Crippen molar-refractivity contribution in [2.45, 2.75) is 46.1 Å². The maximum absolute atomic E-state index is 12.1. The van der Waals surface area contributed by atoms with E-state index < -0.39 is 17.9 Å². The summed E-state index contributed by atoms with van der Waals surface area (Å²) >= 11 is 0. The van der Waals surface area contributed by atoms with Crippen LogP contribution in [0.5, 0.6) is 5.75 Å². The lowest BCUT2D eigenvalue weighted by atomic mass is 9.78. The standard InChI is InChI=1S/C30H34O7/c1-21-6-10-24(11-7-21)30(4,5)25-12-15-27(16-13-25)36-20-28(37-29(34)17-9-23(3)32)19-35-18-26(33)14-8-22(2)31/h6-17,28H,18-20H2,1-5H3/b14-8+,17-9+. The van der Waals surface area contributed by atoms with E-state index in [1.165, 1.54) is 25.0 Å². The summed E-state index contributed by atoms with van der Waals surface area (Å²) in [4.78, 5) is 45.9. The van der Waals surface area contributed by atoms with Gasteiger partial charge in [-0.05, 0) is 62.3 Å². The second-order valence-electron chi connectivity index (χ2n) is 9.25. The summed E-state index contributed by atoms with van der Waals surface area (Å²) in [6, 6.07) is 16.1. The molecule has 0 saturated carbocycles. The Morgan fingerprint density at radius 2 is 1.32 bits per heavy atom. The first-order valence-corrected chi connectivity index (χ1v) is 12.0. The summed E-state index contributed by atoms with van der Waals surface area (Å²) in [6.45, 7) is 8.59. The van der Waals surface area contributed by atoms with Crippen molar-refractivity contribution in [3.8, 4) is 5.75 Å². The van der Waals surface area contributed by atoms with Gasteiger partial charge in [0.1, 0.15) is 19.0 Å². The summed E-state index contributed by atoms with van der Waals surface area (Å²) in [7, 11) is 0. The quantitative estimate of drug-likeness (QED) is 0.275. The Balaban J connectivity index is 2.03. The van der Waals surface area contributed by atoms with Crippen LogP contribution < -0.4 is 4.74 Å². The van der Waals surface area contributed by atoms with Crippen LogP contribution in [0.25, 0.3) is 0 Å². The van der Waals surface area contributed by atoms with E-state index in [2.05, 4.69) is 45.0 Å². The second-order valence-corrected chi connectivity index (χ2v) is 9.25. The number of carbonyl (C=O) groups excluding carboxylic acids is 4. The smallest absolute Gasteiger partial charge is 0.331 e. The summed E-state index contributed by atoms with van der Waals surface area (Å²) in [5.74, 6) is -1.10. The number of ketones is 3. The van der Waals surface area contributed by atoms with Gasteiger partial charge >= 0.3 is 5.97 Å². The third-order valence-electron chi connectivity index (χ3n) is 5.57. The number of rotatable bonds is 14. The van der Waals surface area contributed by atoms with E-state index in [0.717, 1.165) is 29.9 Å². The highest BCUT2D eigenvalue weighted by molar-refractivity contribution is 5.98. The number of allylic oxidation sites excluding steroid dienone is 2. The van der Waals surface area contributed by atoms with Crippen LogP contribution in [0.4, 0.5) is 0 Å². The molecule has 0 N–H and O–H groups in total. The molecule has 0 amide bonds. The number of benzene rings is 2. The minimum absolute atomic E-state index is 0.0299. The zero-order chi connectivity index (χ0) is 27.4. The lowest BCUT2D eigenvalue weighted by Gasteiger charge is -2.26. The van der Waals surface area contributed by atoms with Crippen LogP contribution in [0.2, 0.25) is 0 Å². The molecule has 196 valence electrons. The minimum Gasteiger partial charge on any atom is -0.490 e. The summed E-state index contributed by atoms with van der Waals surface area (Å²) in [5.41, 5.74) is 3.31. The van der Waals surface area contributed by atoms with Gasteiger partial charge in [0.2, 0.25) is 0 Å². The van der Waals surface area contributed by atoms with Crippen molar-refractivity contribution >= 4 is 23.3 Å². The molecule has 0 heterocycles. The number of hydrogen-bond donors (Lipinski definition) is 0. The van der Waals surface area contributed by atoms with Crippen LogP contribution in [-0.2, 0) is 34.1 Å². The van der Waals surface area contributed by atoms with Gasteiger partial charge in [-0.15, -0.1) is 0 Å². The Labute approximate surface area is 218 Å². The fourth-order valence-corrected chi connectivity index (χ4v) is 3.35. The van der Waals surface area contributed by atoms with Gasteiger partial charge < -0.3 is 14.2 Å². The summed E-state index contributed by atoms with van der Waals surface area (Å²) < 4.78 is 16.5. The molecular weight excluding hydrogens is 472 g/mol. The molecule has 0 aliphatic carbocycles. The molecule has 7 nitrogen and oxygen atoms in total. The summed E-state index contributed by atoms with van der Waals surface area (Å²) in [6.07, 6.45) is 3.58. The highest BCUT2D eigenvalue weighted by Gasteiger charge is 2.23. The zero-order valence-electron chi connectivity index (χ0n) is 22.0. The molecule has 2 aromatic carbocycles. The molecule has 2 aromatic rings. The maximum Gasteiger partial charge on any atom is 0.331 e. The van der Waals surface area contributed by atoms with Crippen LogP contribution in [-0.4, -0.2) is 49.2 Å². The van der Waals surface area contributed by atoms with Crippen LogP contribution in [0.3, 0.4) is 0 Å². The van der Waals surface area contributed by atoms with Crippen molar-refractivity contribution in [1.82, 2.24) is 0 Å². The Morgan fingerprint density at radius 3 is 1.89 bits per heavy atom. The predicted octanol–water partition coefficient (Wildman–Crippen LogP) is 4.49. The van der Waals surface area contributed by atoms with E-state index >= 15 is 0 Å². The Kier molecular flexibility index (Phi) is 11.2. The fraction of sp³-hybridized carbons (Fsp3) is 0.333. The van der Waals surface area contributed by atoms with Crippen molar-refractivity contribution in [2.24, 2.45) is 0 Å². The first-order chi connectivity index (χ1) is 17.5. The molecule has 1 unspecified atom stereocenters. The topological polar surface area (TPSA) is 96.0 Å². The number of aryl methyl sites for hydroxylation is 1. The van der Waals surface area contributed by atoms with Crippen molar-refractivity contribution < 1.29 is 33.4 Å². The van der Waals surface area contributed by atoms with Gasteiger partial charge in [0.25, 0.3) is 0 Å². The zero-order valence-corrected chi connectivity index (χ0v) is 22.0. The molecule has 0 bridgehead atoms. The monoisotopic (exact) mass is 506 g/mol. The first-order valence-electron chi connectivity index (χ1n) is 12.0. The second kappa shape index (κ2) is 14.0. The van der Waals surface area contributed by atoms with E-state index in [-0.39, 0.29) is 36.8 Å². The summed E-state index contributed by atoms with van der Waals surface area (Å²) in [5, 5.41) is 0. The number of ether oxygens (including phenoxy) is 3. The van der Waals surface area contributed by atoms with Crippen LogP contribution in [0.1, 0.15) is 44.4 Å². The average molecular weight is 507 g/mol. The van der Waals surface area contributed by atoms with Gasteiger partial charge in [-0.3, -0.25) is 14.4 Å². The van der Waals surface area contributed by atoms with Gasteiger partial charge in [-0.2, -0.15) is 0 Å². The third kappa shape index (κ3) is 10.4. The van der Waals surface area contributed by atoms with Gasteiger partial charge in [0, 0.05) is 11.5 Å². The minimum atomic E-state index is -0.836. The van der Waals surface area contributed by atoms with Crippen LogP contribution >= 0.6 is 0 Å². The molecule has 0 aromatic heterocycles. The number of esters is 1. The molecule has 0 radical (unpaired) electrons. The highest BCUT2D eigenvalue weighted by atomic mass is 16.6. The first kappa shape index (κ1) is 29.4. The highest BCUT2D eigenvalue weighted by Crippen LogP contribution is 2.32. The molecule has 0 saturated heterocycles. The van der Waals surface area contributed by atoms with E-state index in [1.54, 1.807) is 0 Å². The van der Waals surface area contributed by atoms with Crippen molar-refractivity contribution in [3.05, 3.63) is 89.5 Å². The average Bonchev–Trinajstić information content (AvgIpc) is 2.85. The van der Waals surface area contributed by atoms with Gasteiger partial charge in [0.15, 0.2) is 23.5 Å². The largest absolute Gasteiger partial charge is 0.490 e. The molecule has 2 rings (SSSR count). The molecular formula is C30H34O7. The molecule has 7 heteroatoms. The molecule has 0 spiro atoms. The normalized spacial score (nSPS) is 12.5. The van der Waals surface area contributed by atoms with Crippen molar-refractivity contribution in [3.63, 3.8) is 0 Å². The Bertz CT molecular complexity index is 1140. The van der Waals surface area contributed by atoms with E-state index in [0.29, 0.717) is 5.75 Å². The van der Waals surface area contributed by atoms with Crippen molar-refractivity contribution in [2.75, 3.05) is 19.8 Å². The van der Waals surface area contributed by atoms with E-state index in [4.69, 9.17) is 14.2 Å². The molecule has 37 heavy (non-hydrogen) atoms. The SMILES string of the molecule is CC(=O)/C=C/C(=O)COCC(COc1ccc(C(C)(C)c2ccc(C)cc2)cc1)OC(=O)/C=C/C(C)=O. The Morgan fingerprint density at radius 1 is 0.784 bits per heavy atom. The maximum atomic E-state index is 12.1. The van der Waals surface area contributed by atoms with Crippen molar-refractivity contribution in [1.29, 1.82) is 0 Å².